The Kier molecular flexibility index (Phi) is 3.73. The summed E-state index contributed by atoms with van der Waals surface area (Å²) in [5, 5.41) is 11.1. The number of rotatable bonds is 5. The fraction of sp³-hybridized carbons (Fsp3) is 0.750. The smallest absolute Gasteiger partial charge is 0.0738 e. The molecule has 0 aliphatic carbocycles. The number of hydrogen-bond donors (Lipinski definition) is 1. The van der Waals surface area contributed by atoms with Crippen LogP contribution < -0.4 is 5.32 Å². The molecule has 0 spiro atoms. The van der Waals surface area contributed by atoms with Gasteiger partial charge in [0.15, 0.2) is 0 Å². The molecule has 0 radical (unpaired) electrons. The topological polar surface area (TPSA) is 42.7 Å². The van der Waals surface area contributed by atoms with Crippen molar-refractivity contribution in [3.8, 4) is 0 Å². The van der Waals surface area contributed by atoms with Crippen LogP contribution in [0, 0.1) is 0 Å². The van der Waals surface area contributed by atoms with E-state index >= 15 is 0 Å². The monoisotopic (exact) mass is 168 g/mol. The number of aromatic nitrogens is 3. The van der Waals surface area contributed by atoms with Crippen molar-refractivity contribution in [2.24, 2.45) is 0 Å². The van der Waals surface area contributed by atoms with E-state index in [0.29, 0.717) is 0 Å². The normalized spacial score (nSPS) is 10.5. The summed E-state index contributed by atoms with van der Waals surface area (Å²) in [7, 11) is 0. The Morgan fingerprint density at radius 2 is 2.33 bits per heavy atom. The van der Waals surface area contributed by atoms with Crippen LogP contribution in [0.2, 0.25) is 0 Å². The largest absolute Gasteiger partial charge is 0.311 e. The quantitative estimate of drug-likeness (QED) is 0.707. The molecule has 1 N–H and O–H groups in total. The average molecular weight is 168 g/mol. The van der Waals surface area contributed by atoms with Gasteiger partial charge < -0.3 is 5.32 Å². The summed E-state index contributed by atoms with van der Waals surface area (Å²) in [5.41, 5.74) is 1.17. The molecule has 0 unspecified atom stereocenters. The molecule has 0 fully saturated rings. The van der Waals surface area contributed by atoms with E-state index in [-0.39, 0.29) is 0 Å². The van der Waals surface area contributed by atoms with Crippen LogP contribution in [0.1, 0.15) is 26.0 Å². The third-order valence-corrected chi connectivity index (χ3v) is 1.69. The first-order valence-electron chi connectivity index (χ1n) is 4.46. The Bertz CT molecular complexity index is 219. The first-order valence-corrected chi connectivity index (χ1v) is 4.46. The molecular formula is C8H16N4. The van der Waals surface area contributed by atoms with Crippen molar-refractivity contribution in [1.29, 1.82) is 0 Å². The number of nitrogens with one attached hydrogen (secondary N) is 1. The first-order chi connectivity index (χ1) is 5.88. The zero-order chi connectivity index (χ0) is 8.81. The van der Waals surface area contributed by atoms with E-state index < -0.39 is 0 Å². The number of nitrogens with zero attached hydrogens (tertiary/aromatic N) is 3. The fourth-order valence-electron chi connectivity index (χ4n) is 1.07. The summed E-state index contributed by atoms with van der Waals surface area (Å²) >= 11 is 0. The predicted octanol–water partition coefficient (Wildman–Crippen LogP) is 0.798. The molecule has 1 heterocycles. The van der Waals surface area contributed by atoms with Crippen molar-refractivity contribution >= 4 is 0 Å². The Balaban J connectivity index is 2.51. The zero-order valence-electron chi connectivity index (χ0n) is 7.75. The Labute approximate surface area is 73.0 Å². The lowest BCUT2D eigenvalue weighted by Crippen LogP contribution is -2.16. The van der Waals surface area contributed by atoms with Gasteiger partial charge in [0.2, 0.25) is 0 Å². The predicted molar refractivity (Wildman–Crippen MR) is 47.7 cm³/mol. The van der Waals surface area contributed by atoms with Gasteiger partial charge in [-0.25, -0.2) is 4.68 Å². The van der Waals surface area contributed by atoms with Crippen LogP contribution in [0.25, 0.3) is 0 Å². The summed E-state index contributed by atoms with van der Waals surface area (Å²) in [5.74, 6) is 0. The van der Waals surface area contributed by atoms with Crippen LogP contribution >= 0.6 is 0 Å². The number of aryl methyl sites for hydroxylation is 1. The standard InChI is InChI=1S/C8H16N4/c1-3-5-12-8(6-9-4-2)7-10-11-12/h7,9H,3-6H2,1-2H3. The fourth-order valence-corrected chi connectivity index (χ4v) is 1.07. The highest BCUT2D eigenvalue weighted by Gasteiger charge is 2.00. The zero-order valence-corrected chi connectivity index (χ0v) is 7.75. The van der Waals surface area contributed by atoms with Gasteiger partial charge in [-0.05, 0) is 13.0 Å². The Morgan fingerprint density at radius 3 is 3.00 bits per heavy atom. The van der Waals surface area contributed by atoms with Crippen LogP contribution in [0.15, 0.2) is 6.20 Å². The van der Waals surface area contributed by atoms with E-state index in [4.69, 9.17) is 0 Å². The SMILES string of the molecule is CCCn1nncc1CNCC. The molecule has 68 valence electrons. The lowest BCUT2D eigenvalue weighted by molar-refractivity contribution is 0.540. The second-order valence-electron chi connectivity index (χ2n) is 2.73. The highest BCUT2D eigenvalue weighted by molar-refractivity contribution is 4.92. The first kappa shape index (κ1) is 9.19. The molecule has 1 aromatic rings. The Morgan fingerprint density at radius 1 is 1.50 bits per heavy atom. The molecule has 1 aromatic heterocycles. The van der Waals surface area contributed by atoms with Gasteiger partial charge in [0, 0.05) is 13.1 Å². The van der Waals surface area contributed by atoms with Gasteiger partial charge >= 0.3 is 0 Å². The molecule has 1 rings (SSSR count). The van der Waals surface area contributed by atoms with Gasteiger partial charge in [-0.2, -0.15) is 0 Å². The van der Waals surface area contributed by atoms with Crippen molar-refractivity contribution < 1.29 is 0 Å². The highest BCUT2D eigenvalue weighted by Crippen LogP contribution is 1.96. The lowest BCUT2D eigenvalue weighted by atomic mass is 10.4. The van der Waals surface area contributed by atoms with Crippen LogP contribution in [-0.2, 0) is 13.1 Å². The van der Waals surface area contributed by atoms with Gasteiger partial charge in [-0.3, -0.25) is 0 Å². The van der Waals surface area contributed by atoms with E-state index in [1.807, 2.05) is 10.9 Å². The van der Waals surface area contributed by atoms with E-state index in [1.165, 1.54) is 5.69 Å². The molecular weight excluding hydrogens is 152 g/mol. The summed E-state index contributed by atoms with van der Waals surface area (Å²) in [6, 6.07) is 0. The van der Waals surface area contributed by atoms with Gasteiger partial charge in [0.25, 0.3) is 0 Å². The van der Waals surface area contributed by atoms with Gasteiger partial charge in [-0.15, -0.1) is 5.10 Å². The molecule has 0 aromatic carbocycles. The van der Waals surface area contributed by atoms with E-state index in [2.05, 4.69) is 29.5 Å². The van der Waals surface area contributed by atoms with Crippen molar-refractivity contribution in [1.82, 2.24) is 20.3 Å². The summed E-state index contributed by atoms with van der Waals surface area (Å²) in [6.45, 7) is 7.04. The third-order valence-electron chi connectivity index (χ3n) is 1.69. The van der Waals surface area contributed by atoms with Crippen LogP contribution in [0.5, 0.6) is 0 Å². The maximum absolute atomic E-state index is 3.99. The second-order valence-corrected chi connectivity index (χ2v) is 2.73. The Hall–Kier alpha value is -0.900. The maximum Gasteiger partial charge on any atom is 0.0738 e. The van der Waals surface area contributed by atoms with Crippen LogP contribution in [-0.4, -0.2) is 21.5 Å². The lowest BCUT2D eigenvalue weighted by Gasteiger charge is -2.03. The molecule has 12 heavy (non-hydrogen) atoms. The van der Waals surface area contributed by atoms with Crippen molar-refractivity contribution in [3.05, 3.63) is 11.9 Å². The van der Waals surface area contributed by atoms with Crippen LogP contribution in [0.3, 0.4) is 0 Å². The van der Waals surface area contributed by atoms with E-state index in [9.17, 15) is 0 Å². The van der Waals surface area contributed by atoms with Crippen molar-refractivity contribution in [2.45, 2.75) is 33.4 Å². The number of hydrogen-bond acceptors (Lipinski definition) is 3. The molecule has 0 atom stereocenters. The second kappa shape index (κ2) is 4.87. The summed E-state index contributed by atoms with van der Waals surface area (Å²) in [6.07, 6.45) is 2.92. The molecule has 0 amide bonds. The molecule has 0 saturated heterocycles. The highest BCUT2D eigenvalue weighted by atomic mass is 15.4. The van der Waals surface area contributed by atoms with Crippen molar-refractivity contribution in [3.63, 3.8) is 0 Å². The minimum Gasteiger partial charge on any atom is -0.311 e. The molecule has 4 heteroatoms. The minimum absolute atomic E-state index is 0.865. The van der Waals surface area contributed by atoms with Gasteiger partial charge in [0.05, 0.1) is 11.9 Å². The molecule has 0 saturated carbocycles. The third kappa shape index (κ3) is 2.30. The van der Waals surface area contributed by atoms with E-state index in [1.54, 1.807) is 0 Å². The molecule has 4 nitrogen and oxygen atoms in total. The maximum atomic E-state index is 3.99. The molecule has 0 aliphatic heterocycles. The molecule has 0 bridgehead atoms. The minimum atomic E-state index is 0.865. The van der Waals surface area contributed by atoms with Crippen molar-refractivity contribution in [2.75, 3.05) is 6.54 Å². The van der Waals surface area contributed by atoms with E-state index in [0.717, 1.165) is 26.1 Å². The summed E-state index contributed by atoms with van der Waals surface area (Å²) < 4.78 is 1.95. The van der Waals surface area contributed by atoms with Gasteiger partial charge in [-0.1, -0.05) is 19.1 Å². The summed E-state index contributed by atoms with van der Waals surface area (Å²) in [4.78, 5) is 0. The molecule has 0 aliphatic rings. The average Bonchev–Trinajstić information content (AvgIpc) is 2.50. The van der Waals surface area contributed by atoms with Crippen LogP contribution in [0.4, 0.5) is 0 Å². The van der Waals surface area contributed by atoms with Gasteiger partial charge in [0.1, 0.15) is 0 Å².